The van der Waals surface area contributed by atoms with Crippen molar-refractivity contribution in [1.29, 1.82) is 0 Å². The number of carbonyl (C=O) groups is 1. The molecule has 0 atom stereocenters. The second-order valence-electron chi connectivity index (χ2n) is 7.92. The van der Waals surface area contributed by atoms with E-state index in [-0.39, 0.29) is 5.91 Å². The molecule has 0 saturated carbocycles. The number of piperazine rings is 1. The number of amides is 1. The Morgan fingerprint density at radius 1 is 0.844 bits per heavy atom. The largest absolute Gasteiger partial charge is 0.296 e. The van der Waals surface area contributed by atoms with Gasteiger partial charge in [-0.2, -0.15) is 5.10 Å². The number of halogens is 1. The fourth-order valence-electron chi connectivity index (χ4n) is 3.78. The van der Waals surface area contributed by atoms with Crippen molar-refractivity contribution in [3.05, 3.63) is 95.0 Å². The monoisotopic (exact) mass is 446 g/mol. The molecule has 1 aliphatic heterocycles. The average molecular weight is 447 g/mol. The second kappa shape index (κ2) is 11.0. The highest BCUT2D eigenvalue weighted by Gasteiger charge is 2.19. The number of benzene rings is 3. The van der Waals surface area contributed by atoms with Crippen LogP contribution in [0.3, 0.4) is 0 Å². The van der Waals surface area contributed by atoms with E-state index in [2.05, 4.69) is 50.7 Å². The van der Waals surface area contributed by atoms with E-state index in [9.17, 15) is 4.79 Å². The van der Waals surface area contributed by atoms with Gasteiger partial charge in [-0.25, -0.2) is 5.43 Å². The van der Waals surface area contributed by atoms with E-state index < -0.39 is 0 Å². The van der Waals surface area contributed by atoms with E-state index in [0.717, 1.165) is 54.4 Å². The Hall–Kier alpha value is -2.99. The number of nitrogens with zero attached hydrogens (tertiary/aromatic N) is 3. The number of rotatable bonds is 7. The molecular weight excluding hydrogens is 420 g/mol. The van der Waals surface area contributed by atoms with Crippen molar-refractivity contribution in [2.24, 2.45) is 5.10 Å². The predicted molar refractivity (Wildman–Crippen MR) is 131 cm³/mol. The van der Waals surface area contributed by atoms with Crippen molar-refractivity contribution in [3.63, 3.8) is 0 Å². The normalized spacial score (nSPS) is 15.2. The van der Waals surface area contributed by atoms with Crippen molar-refractivity contribution >= 4 is 23.7 Å². The predicted octanol–water partition coefficient (Wildman–Crippen LogP) is 4.27. The molecule has 0 spiro atoms. The van der Waals surface area contributed by atoms with Gasteiger partial charge in [0.1, 0.15) is 0 Å². The van der Waals surface area contributed by atoms with Crippen molar-refractivity contribution in [2.45, 2.75) is 6.54 Å². The highest BCUT2D eigenvalue weighted by atomic mass is 35.5. The minimum Gasteiger partial charge on any atom is -0.296 e. The van der Waals surface area contributed by atoms with E-state index in [1.54, 1.807) is 6.21 Å². The van der Waals surface area contributed by atoms with Gasteiger partial charge < -0.3 is 0 Å². The Morgan fingerprint density at radius 2 is 1.47 bits per heavy atom. The van der Waals surface area contributed by atoms with E-state index in [0.29, 0.717) is 6.54 Å². The van der Waals surface area contributed by atoms with Crippen LogP contribution in [-0.2, 0) is 11.3 Å². The standard InChI is InChI=1S/C26H27ClN4O/c27-25-9-5-4-8-24(25)19-30-14-16-31(17-15-30)20-26(32)29-28-18-21-10-12-23(13-11-21)22-6-2-1-3-7-22/h1-13,18H,14-17,19-20H2,(H,29,32)/b28-18+. The fourth-order valence-corrected chi connectivity index (χ4v) is 3.98. The van der Waals surface area contributed by atoms with Crippen molar-refractivity contribution < 1.29 is 4.79 Å². The summed E-state index contributed by atoms with van der Waals surface area (Å²) in [4.78, 5) is 16.8. The Balaban J connectivity index is 1.19. The maximum absolute atomic E-state index is 12.3. The summed E-state index contributed by atoms with van der Waals surface area (Å²) in [7, 11) is 0. The molecule has 6 heteroatoms. The van der Waals surface area contributed by atoms with Crippen molar-refractivity contribution in [3.8, 4) is 11.1 Å². The molecule has 3 aromatic carbocycles. The summed E-state index contributed by atoms with van der Waals surface area (Å²) >= 11 is 6.27. The number of hydrogen-bond acceptors (Lipinski definition) is 4. The molecule has 1 amide bonds. The quantitative estimate of drug-likeness (QED) is 0.435. The molecule has 1 fully saturated rings. The third-order valence-corrected chi connectivity index (χ3v) is 5.97. The lowest BCUT2D eigenvalue weighted by Gasteiger charge is -2.34. The van der Waals surface area contributed by atoms with Crippen LogP contribution in [0.2, 0.25) is 5.02 Å². The van der Waals surface area contributed by atoms with Crippen LogP contribution in [0.15, 0.2) is 84.0 Å². The highest BCUT2D eigenvalue weighted by molar-refractivity contribution is 6.31. The van der Waals surface area contributed by atoms with Crippen LogP contribution < -0.4 is 5.43 Å². The molecule has 3 aromatic rings. The topological polar surface area (TPSA) is 47.9 Å². The first-order valence-corrected chi connectivity index (χ1v) is 11.2. The maximum Gasteiger partial charge on any atom is 0.254 e. The molecule has 1 aliphatic rings. The zero-order valence-electron chi connectivity index (χ0n) is 18.0. The van der Waals surface area contributed by atoms with Gasteiger partial charge in [0.05, 0.1) is 12.8 Å². The number of hydrogen-bond donors (Lipinski definition) is 1. The summed E-state index contributed by atoms with van der Waals surface area (Å²) in [6.45, 7) is 4.72. The molecule has 0 aromatic heterocycles. The Bertz CT molecular complexity index is 1040. The molecule has 0 bridgehead atoms. The van der Waals surface area contributed by atoms with E-state index in [1.807, 2.05) is 48.5 Å². The third-order valence-electron chi connectivity index (χ3n) is 5.60. The van der Waals surface area contributed by atoms with E-state index >= 15 is 0 Å². The first kappa shape index (κ1) is 22.2. The van der Waals surface area contributed by atoms with Gasteiger partial charge in [-0.1, -0.05) is 84.4 Å². The van der Waals surface area contributed by atoms with E-state index in [4.69, 9.17) is 11.6 Å². The van der Waals surface area contributed by atoms with Crippen LogP contribution in [0.4, 0.5) is 0 Å². The summed E-state index contributed by atoms with van der Waals surface area (Å²) in [6.07, 6.45) is 1.67. The van der Waals surface area contributed by atoms with Gasteiger partial charge in [-0.3, -0.25) is 14.6 Å². The SMILES string of the molecule is O=C(CN1CCN(Cc2ccccc2Cl)CC1)N/N=C/c1ccc(-c2ccccc2)cc1. The number of carbonyl (C=O) groups excluding carboxylic acids is 1. The number of nitrogens with one attached hydrogen (secondary N) is 1. The molecule has 1 N–H and O–H groups in total. The van der Waals surface area contributed by atoms with Gasteiger partial charge in [0.25, 0.3) is 5.91 Å². The molecule has 164 valence electrons. The smallest absolute Gasteiger partial charge is 0.254 e. The summed E-state index contributed by atoms with van der Waals surface area (Å²) in [5.41, 5.74) is 7.06. The Labute approximate surface area is 194 Å². The molecule has 0 aliphatic carbocycles. The number of hydrazone groups is 1. The lowest BCUT2D eigenvalue weighted by atomic mass is 10.0. The zero-order chi connectivity index (χ0) is 22.2. The Morgan fingerprint density at radius 3 is 2.19 bits per heavy atom. The first-order valence-electron chi connectivity index (χ1n) is 10.8. The minimum absolute atomic E-state index is 0.0956. The highest BCUT2D eigenvalue weighted by Crippen LogP contribution is 2.19. The molecule has 0 radical (unpaired) electrons. The fraction of sp³-hybridized carbons (Fsp3) is 0.231. The van der Waals surface area contributed by atoms with Gasteiger partial charge >= 0.3 is 0 Å². The zero-order valence-corrected chi connectivity index (χ0v) is 18.7. The lowest BCUT2D eigenvalue weighted by Crippen LogP contribution is -2.48. The minimum atomic E-state index is -0.0956. The van der Waals surface area contributed by atoms with Gasteiger partial charge in [-0.05, 0) is 28.3 Å². The second-order valence-corrected chi connectivity index (χ2v) is 8.33. The third kappa shape index (κ3) is 6.26. The first-order chi connectivity index (χ1) is 15.7. The molecule has 5 nitrogen and oxygen atoms in total. The molecule has 0 unspecified atom stereocenters. The van der Waals surface area contributed by atoms with Crippen LogP contribution in [0.5, 0.6) is 0 Å². The van der Waals surface area contributed by atoms with Crippen molar-refractivity contribution in [1.82, 2.24) is 15.2 Å². The van der Waals surface area contributed by atoms with Crippen LogP contribution in [0.1, 0.15) is 11.1 Å². The molecule has 1 saturated heterocycles. The van der Waals surface area contributed by atoms with Crippen LogP contribution in [0.25, 0.3) is 11.1 Å². The molecule has 4 rings (SSSR count). The van der Waals surface area contributed by atoms with Crippen LogP contribution in [0, 0.1) is 0 Å². The average Bonchev–Trinajstić information content (AvgIpc) is 2.83. The van der Waals surface area contributed by atoms with Gasteiger partial charge in [0, 0.05) is 37.7 Å². The van der Waals surface area contributed by atoms with Gasteiger partial charge in [0.2, 0.25) is 0 Å². The van der Waals surface area contributed by atoms with Gasteiger partial charge in [0.15, 0.2) is 0 Å². The molecular formula is C26H27ClN4O. The van der Waals surface area contributed by atoms with Crippen LogP contribution in [-0.4, -0.2) is 54.6 Å². The summed E-state index contributed by atoms with van der Waals surface area (Å²) in [5.74, 6) is -0.0956. The summed E-state index contributed by atoms with van der Waals surface area (Å²) in [6, 6.07) is 26.3. The lowest BCUT2D eigenvalue weighted by molar-refractivity contribution is -0.122. The van der Waals surface area contributed by atoms with Gasteiger partial charge in [-0.15, -0.1) is 0 Å². The molecule has 32 heavy (non-hydrogen) atoms. The summed E-state index contributed by atoms with van der Waals surface area (Å²) < 4.78 is 0. The summed E-state index contributed by atoms with van der Waals surface area (Å²) in [5, 5.41) is 4.92. The van der Waals surface area contributed by atoms with Crippen molar-refractivity contribution in [2.75, 3.05) is 32.7 Å². The molecule has 1 heterocycles. The maximum atomic E-state index is 12.3. The van der Waals surface area contributed by atoms with Crippen LogP contribution >= 0.6 is 11.6 Å². The Kier molecular flexibility index (Phi) is 7.67. The van der Waals surface area contributed by atoms with E-state index in [1.165, 1.54) is 5.56 Å².